The van der Waals surface area contributed by atoms with Crippen LogP contribution in [0.15, 0.2) is 76.5 Å². The van der Waals surface area contributed by atoms with E-state index >= 15 is 0 Å². The van der Waals surface area contributed by atoms with Crippen molar-refractivity contribution in [2.24, 2.45) is 5.92 Å². The van der Waals surface area contributed by atoms with E-state index in [9.17, 15) is 9.59 Å². The molecule has 7 heteroatoms. The van der Waals surface area contributed by atoms with Crippen LogP contribution >= 0.6 is 11.8 Å². The summed E-state index contributed by atoms with van der Waals surface area (Å²) in [5, 5.41) is 3.09. The summed E-state index contributed by atoms with van der Waals surface area (Å²) in [6, 6.07) is 21.1. The van der Waals surface area contributed by atoms with Crippen LogP contribution in [0.25, 0.3) is 0 Å². The number of carbonyl (C=O) groups is 2. The molecule has 3 aromatic rings. The van der Waals surface area contributed by atoms with Gasteiger partial charge < -0.3 is 19.9 Å². The molecule has 5 rings (SSSR count). The molecular weight excluding hydrogens is 494 g/mol. The van der Waals surface area contributed by atoms with E-state index in [4.69, 9.17) is 4.74 Å². The Hall–Kier alpha value is -3.29. The molecule has 1 saturated heterocycles. The van der Waals surface area contributed by atoms with Crippen LogP contribution in [0.5, 0.6) is 5.75 Å². The lowest BCUT2D eigenvalue weighted by atomic mass is 9.99. The number of ether oxygens (including phenoxy) is 1. The highest BCUT2D eigenvalue weighted by Gasteiger charge is 2.28. The molecule has 0 aromatic heterocycles. The third-order valence-corrected chi connectivity index (χ3v) is 8.52. The smallest absolute Gasteiger partial charge is 0.259 e. The average molecular weight is 530 g/mol. The van der Waals surface area contributed by atoms with Gasteiger partial charge in [-0.25, -0.2) is 0 Å². The van der Waals surface area contributed by atoms with Gasteiger partial charge in [0.1, 0.15) is 5.75 Å². The second-order valence-electron chi connectivity index (χ2n) is 10.2. The fourth-order valence-electron chi connectivity index (χ4n) is 5.06. The Morgan fingerprint density at radius 3 is 2.66 bits per heavy atom. The van der Waals surface area contributed by atoms with Gasteiger partial charge in [0.2, 0.25) is 0 Å². The molecule has 0 aliphatic carbocycles. The molecule has 3 aromatic carbocycles. The second kappa shape index (κ2) is 12.0. The van der Waals surface area contributed by atoms with Crippen molar-refractivity contribution in [2.45, 2.75) is 42.5 Å². The van der Waals surface area contributed by atoms with Crippen molar-refractivity contribution in [3.05, 3.63) is 83.4 Å². The number of benzene rings is 3. The van der Waals surface area contributed by atoms with Gasteiger partial charge in [-0.05, 0) is 92.8 Å². The molecular formula is C31H35N3O3S. The summed E-state index contributed by atoms with van der Waals surface area (Å²) < 4.78 is 5.40. The maximum Gasteiger partial charge on any atom is 0.259 e. The third kappa shape index (κ3) is 6.05. The van der Waals surface area contributed by atoms with Crippen molar-refractivity contribution in [3.63, 3.8) is 0 Å². The number of likely N-dealkylation sites (tertiary alicyclic amines) is 1. The lowest BCUT2D eigenvalue weighted by Crippen LogP contribution is -2.35. The maximum atomic E-state index is 13.8. The molecule has 2 aliphatic heterocycles. The number of methoxy groups -OCH3 is 1. The van der Waals surface area contributed by atoms with E-state index in [1.165, 1.54) is 12.8 Å². The van der Waals surface area contributed by atoms with E-state index in [1.54, 1.807) is 23.8 Å². The number of anilines is 1. The third-order valence-electron chi connectivity index (χ3n) is 7.38. The quantitative estimate of drug-likeness (QED) is 0.371. The molecule has 1 fully saturated rings. The van der Waals surface area contributed by atoms with Gasteiger partial charge >= 0.3 is 0 Å². The van der Waals surface area contributed by atoms with Crippen LogP contribution in [0.2, 0.25) is 0 Å². The predicted octanol–water partition coefficient (Wildman–Crippen LogP) is 5.86. The summed E-state index contributed by atoms with van der Waals surface area (Å²) in [6.07, 6.45) is 3.44. The summed E-state index contributed by atoms with van der Waals surface area (Å²) in [4.78, 5) is 33.0. The van der Waals surface area contributed by atoms with Crippen LogP contribution in [-0.2, 0) is 6.54 Å². The number of nitrogens with one attached hydrogen (secondary N) is 1. The first kappa shape index (κ1) is 26.3. The highest BCUT2D eigenvalue weighted by Crippen LogP contribution is 2.42. The zero-order chi connectivity index (χ0) is 26.5. The van der Waals surface area contributed by atoms with Gasteiger partial charge in [-0.15, -0.1) is 0 Å². The molecule has 198 valence electrons. The maximum absolute atomic E-state index is 13.8. The summed E-state index contributed by atoms with van der Waals surface area (Å²) in [5.74, 6) is 1.37. The van der Waals surface area contributed by atoms with Crippen molar-refractivity contribution in [1.29, 1.82) is 0 Å². The molecule has 0 saturated carbocycles. The zero-order valence-corrected chi connectivity index (χ0v) is 22.9. The van der Waals surface area contributed by atoms with Crippen LogP contribution in [0, 0.1) is 5.92 Å². The molecule has 6 nitrogen and oxygen atoms in total. The van der Waals surface area contributed by atoms with Gasteiger partial charge in [0.05, 0.1) is 24.9 Å². The Balaban J connectivity index is 1.34. The fourth-order valence-corrected chi connectivity index (χ4v) is 6.12. The van der Waals surface area contributed by atoms with E-state index in [2.05, 4.69) is 17.1 Å². The summed E-state index contributed by atoms with van der Waals surface area (Å²) in [7, 11) is 1.64. The van der Waals surface area contributed by atoms with Crippen LogP contribution < -0.4 is 15.0 Å². The minimum atomic E-state index is -0.111. The van der Waals surface area contributed by atoms with Crippen LogP contribution in [-0.4, -0.2) is 50.0 Å². The Bertz CT molecular complexity index is 1300. The van der Waals surface area contributed by atoms with Crippen molar-refractivity contribution < 1.29 is 14.3 Å². The number of carbonyl (C=O) groups excluding carboxylic acids is 2. The summed E-state index contributed by atoms with van der Waals surface area (Å²) in [6.45, 7) is 6.63. The van der Waals surface area contributed by atoms with E-state index in [0.29, 0.717) is 24.2 Å². The molecule has 0 spiro atoms. The van der Waals surface area contributed by atoms with Crippen LogP contribution in [0.1, 0.15) is 52.5 Å². The number of hydrogen-bond acceptors (Lipinski definition) is 5. The topological polar surface area (TPSA) is 61.9 Å². The van der Waals surface area contributed by atoms with Crippen LogP contribution in [0.3, 0.4) is 0 Å². The molecule has 0 unspecified atom stereocenters. The van der Waals surface area contributed by atoms with Crippen LogP contribution in [0.4, 0.5) is 5.69 Å². The first-order chi connectivity index (χ1) is 18.5. The SMILES string of the molecule is COc1cccc(CN2C(=O)c3ccccc3Sc3ccc(C(=O)NCCCN4CCC(C)CC4)cc32)c1. The molecule has 0 radical (unpaired) electrons. The number of amides is 2. The fraction of sp³-hybridized carbons (Fsp3) is 0.355. The van der Waals surface area contributed by atoms with Crippen molar-refractivity contribution >= 4 is 29.3 Å². The summed E-state index contributed by atoms with van der Waals surface area (Å²) in [5.41, 5.74) is 2.92. The number of piperidine rings is 1. The Morgan fingerprint density at radius 2 is 1.84 bits per heavy atom. The van der Waals surface area contributed by atoms with E-state index in [-0.39, 0.29) is 11.8 Å². The molecule has 0 atom stereocenters. The van der Waals surface area contributed by atoms with Gasteiger partial charge in [-0.2, -0.15) is 0 Å². The number of rotatable bonds is 8. The Kier molecular flexibility index (Phi) is 8.35. The number of hydrogen-bond donors (Lipinski definition) is 1. The standard InChI is InChI=1S/C31H35N3O3S/c1-22-13-17-33(18-14-22)16-6-15-32-30(35)24-11-12-29-27(20-24)34(21-23-7-5-8-25(19-23)37-2)31(36)26-9-3-4-10-28(26)38-29/h3-5,7-12,19-20,22H,6,13-18,21H2,1-2H3,(H,32,35). The first-order valence-corrected chi connectivity index (χ1v) is 14.2. The van der Waals surface area contributed by atoms with Gasteiger partial charge in [-0.1, -0.05) is 43.0 Å². The number of fused-ring (bicyclic) bond motifs is 2. The van der Waals surface area contributed by atoms with Crippen molar-refractivity contribution in [2.75, 3.05) is 38.2 Å². The minimum Gasteiger partial charge on any atom is -0.497 e. The zero-order valence-electron chi connectivity index (χ0n) is 22.1. The van der Waals surface area contributed by atoms with E-state index < -0.39 is 0 Å². The van der Waals surface area contributed by atoms with Crippen molar-refractivity contribution in [3.8, 4) is 5.75 Å². The van der Waals surface area contributed by atoms with Crippen molar-refractivity contribution in [1.82, 2.24) is 10.2 Å². The second-order valence-corrected chi connectivity index (χ2v) is 11.2. The summed E-state index contributed by atoms with van der Waals surface area (Å²) >= 11 is 1.56. The molecule has 38 heavy (non-hydrogen) atoms. The number of nitrogens with zero attached hydrogens (tertiary/aromatic N) is 2. The van der Waals surface area contributed by atoms with Gasteiger partial charge in [0, 0.05) is 21.9 Å². The minimum absolute atomic E-state index is 0.0805. The molecule has 0 bridgehead atoms. The first-order valence-electron chi connectivity index (χ1n) is 13.4. The van der Waals surface area contributed by atoms with Gasteiger partial charge in [0.25, 0.3) is 11.8 Å². The largest absolute Gasteiger partial charge is 0.497 e. The Labute approximate surface area is 229 Å². The highest BCUT2D eigenvalue weighted by molar-refractivity contribution is 7.99. The average Bonchev–Trinajstić information content (AvgIpc) is 3.06. The molecule has 1 N–H and O–H groups in total. The lowest BCUT2D eigenvalue weighted by molar-refractivity contribution is 0.0947. The normalized spacial score (nSPS) is 15.9. The monoisotopic (exact) mass is 529 g/mol. The molecule has 2 amide bonds. The van der Waals surface area contributed by atoms with Gasteiger partial charge in [0.15, 0.2) is 0 Å². The predicted molar refractivity (Wildman–Crippen MR) is 152 cm³/mol. The van der Waals surface area contributed by atoms with E-state index in [1.807, 2.05) is 66.7 Å². The Morgan fingerprint density at radius 1 is 1.03 bits per heavy atom. The molecule has 2 aliphatic rings. The molecule has 2 heterocycles. The van der Waals surface area contributed by atoms with E-state index in [0.717, 1.165) is 58.8 Å². The van der Waals surface area contributed by atoms with Gasteiger partial charge in [-0.3, -0.25) is 9.59 Å². The lowest BCUT2D eigenvalue weighted by Gasteiger charge is -2.30. The highest BCUT2D eigenvalue weighted by atomic mass is 32.2.